The van der Waals surface area contributed by atoms with Gasteiger partial charge in [-0.2, -0.15) is 0 Å². The Morgan fingerprint density at radius 2 is 2.00 bits per heavy atom. The van der Waals surface area contributed by atoms with E-state index >= 15 is 0 Å². The van der Waals surface area contributed by atoms with Gasteiger partial charge in [-0.15, -0.1) is 0 Å². The number of benzene rings is 2. The summed E-state index contributed by atoms with van der Waals surface area (Å²) in [5, 5.41) is 13.2. The lowest BCUT2D eigenvalue weighted by Crippen LogP contribution is -2.12. The Balaban J connectivity index is 2.37. The maximum absolute atomic E-state index is 11.3. The van der Waals surface area contributed by atoms with Crippen molar-refractivity contribution < 1.29 is 9.90 Å². The Bertz CT molecular complexity index is 689. The van der Waals surface area contributed by atoms with Gasteiger partial charge in [-0.3, -0.25) is 0 Å². The molecule has 1 atom stereocenters. The molecule has 0 saturated heterocycles. The summed E-state index contributed by atoms with van der Waals surface area (Å²) < 4.78 is 0. The summed E-state index contributed by atoms with van der Waals surface area (Å²) in [6, 6.07) is 10.0. The minimum absolute atomic E-state index is 0.0360. The minimum atomic E-state index is -1.09. The summed E-state index contributed by atoms with van der Waals surface area (Å²) in [7, 11) is 0. The molecule has 1 unspecified atom stereocenters. The number of carboxylic acid groups (broad SMARTS) is 1. The normalized spacial score (nSPS) is 12.0. The molecule has 2 rings (SSSR count). The molecule has 4 N–H and O–H groups in total. The molecule has 0 aromatic heterocycles. The number of aromatic carboxylic acids is 1. The fourth-order valence-electron chi connectivity index (χ4n) is 2.02. The maximum atomic E-state index is 11.3. The summed E-state index contributed by atoms with van der Waals surface area (Å²) in [6.45, 7) is 1.89. The number of carbonyl (C=O) groups is 1. The lowest BCUT2D eigenvalue weighted by molar-refractivity contribution is 0.0698. The molecule has 0 saturated carbocycles. The molecule has 0 spiro atoms. The van der Waals surface area contributed by atoms with E-state index in [1.165, 1.54) is 12.1 Å². The average Bonchev–Trinajstić information content (AvgIpc) is 2.41. The Hall–Kier alpha value is -1.91. The molecule has 0 fully saturated rings. The van der Waals surface area contributed by atoms with E-state index < -0.39 is 5.97 Å². The van der Waals surface area contributed by atoms with E-state index in [-0.39, 0.29) is 16.6 Å². The van der Waals surface area contributed by atoms with Gasteiger partial charge in [0.1, 0.15) is 0 Å². The van der Waals surface area contributed by atoms with E-state index in [1.807, 2.05) is 25.1 Å². The quantitative estimate of drug-likeness (QED) is 0.726. The first-order chi connectivity index (χ1) is 9.88. The third kappa shape index (κ3) is 3.60. The second kappa shape index (κ2) is 6.24. The molecule has 0 heterocycles. The van der Waals surface area contributed by atoms with Crippen LogP contribution in [-0.2, 0) is 0 Å². The van der Waals surface area contributed by atoms with Gasteiger partial charge in [-0.05, 0) is 36.8 Å². The standard InChI is InChI=1S/C15H14Cl2N2O2/c1-8(9-3-2-4-10(16)5-9)19-14-12(15(20)21)6-11(18)7-13(14)17/h2-8,19H,18H2,1H3,(H,20,21). The van der Waals surface area contributed by atoms with Crippen LogP contribution in [-0.4, -0.2) is 11.1 Å². The lowest BCUT2D eigenvalue weighted by Gasteiger charge is -2.19. The summed E-state index contributed by atoms with van der Waals surface area (Å²) >= 11 is 12.1. The van der Waals surface area contributed by atoms with Crippen LogP contribution in [0.3, 0.4) is 0 Å². The van der Waals surface area contributed by atoms with Crippen molar-refractivity contribution in [2.75, 3.05) is 11.1 Å². The number of hydrogen-bond donors (Lipinski definition) is 3. The third-order valence-corrected chi connectivity index (χ3v) is 3.59. The molecule has 0 bridgehead atoms. The van der Waals surface area contributed by atoms with Crippen molar-refractivity contribution in [1.82, 2.24) is 0 Å². The minimum Gasteiger partial charge on any atom is -0.478 e. The van der Waals surface area contributed by atoms with Crippen LogP contribution in [0.25, 0.3) is 0 Å². The molecule has 2 aromatic carbocycles. The van der Waals surface area contributed by atoms with Crippen LogP contribution in [0.15, 0.2) is 36.4 Å². The van der Waals surface area contributed by atoms with E-state index in [0.717, 1.165) is 5.56 Å². The van der Waals surface area contributed by atoms with Gasteiger partial charge in [0.05, 0.1) is 16.3 Å². The Labute approximate surface area is 132 Å². The van der Waals surface area contributed by atoms with E-state index in [1.54, 1.807) is 6.07 Å². The van der Waals surface area contributed by atoms with E-state index in [2.05, 4.69) is 5.32 Å². The van der Waals surface area contributed by atoms with E-state index in [0.29, 0.717) is 16.4 Å². The van der Waals surface area contributed by atoms with E-state index in [4.69, 9.17) is 28.9 Å². The molecular weight excluding hydrogens is 311 g/mol. The van der Waals surface area contributed by atoms with Gasteiger partial charge in [-0.25, -0.2) is 4.79 Å². The summed E-state index contributed by atoms with van der Waals surface area (Å²) in [4.78, 5) is 11.3. The highest BCUT2D eigenvalue weighted by Gasteiger charge is 2.17. The maximum Gasteiger partial charge on any atom is 0.337 e. The van der Waals surface area contributed by atoms with E-state index in [9.17, 15) is 9.90 Å². The van der Waals surface area contributed by atoms with Gasteiger partial charge in [0, 0.05) is 16.8 Å². The van der Waals surface area contributed by atoms with Gasteiger partial charge in [0.25, 0.3) is 0 Å². The van der Waals surface area contributed by atoms with Gasteiger partial charge < -0.3 is 16.2 Å². The number of rotatable bonds is 4. The van der Waals surface area contributed by atoms with Gasteiger partial charge >= 0.3 is 5.97 Å². The number of nitrogen functional groups attached to an aromatic ring is 1. The predicted molar refractivity (Wildman–Crippen MR) is 86.3 cm³/mol. The summed E-state index contributed by atoms with van der Waals surface area (Å²) in [5.41, 5.74) is 7.24. The Morgan fingerprint density at radius 3 is 2.62 bits per heavy atom. The smallest absolute Gasteiger partial charge is 0.337 e. The fraction of sp³-hybridized carbons (Fsp3) is 0.133. The van der Waals surface area contributed by atoms with Crippen LogP contribution in [0.1, 0.15) is 28.9 Å². The SMILES string of the molecule is CC(Nc1c(Cl)cc(N)cc1C(=O)O)c1cccc(Cl)c1. The number of carboxylic acids is 1. The Morgan fingerprint density at radius 1 is 1.29 bits per heavy atom. The molecule has 2 aromatic rings. The van der Waals surface area contributed by atoms with Crippen molar-refractivity contribution in [3.05, 3.63) is 57.6 Å². The van der Waals surface area contributed by atoms with Crippen molar-refractivity contribution in [2.45, 2.75) is 13.0 Å². The van der Waals surface area contributed by atoms with Crippen LogP contribution in [0.2, 0.25) is 10.0 Å². The first-order valence-electron chi connectivity index (χ1n) is 6.23. The summed E-state index contributed by atoms with van der Waals surface area (Å²) in [5.74, 6) is -1.09. The number of halogens is 2. The second-order valence-electron chi connectivity index (χ2n) is 4.65. The molecule has 0 aliphatic carbocycles. The van der Waals surface area contributed by atoms with Crippen molar-refractivity contribution in [2.24, 2.45) is 0 Å². The monoisotopic (exact) mass is 324 g/mol. The molecule has 0 aliphatic rings. The molecule has 0 aliphatic heterocycles. The zero-order valence-corrected chi connectivity index (χ0v) is 12.7. The van der Waals surface area contributed by atoms with Gasteiger partial charge in [0.15, 0.2) is 0 Å². The first kappa shape index (κ1) is 15.5. The average molecular weight is 325 g/mol. The molecule has 0 radical (unpaired) electrons. The van der Waals surface area contributed by atoms with Gasteiger partial charge in [-0.1, -0.05) is 35.3 Å². The zero-order valence-electron chi connectivity index (χ0n) is 11.2. The third-order valence-electron chi connectivity index (χ3n) is 3.05. The van der Waals surface area contributed by atoms with Crippen molar-refractivity contribution in [3.8, 4) is 0 Å². The van der Waals surface area contributed by atoms with Crippen molar-refractivity contribution in [3.63, 3.8) is 0 Å². The highest BCUT2D eigenvalue weighted by atomic mass is 35.5. The highest BCUT2D eigenvalue weighted by molar-refractivity contribution is 6.34. The molecule has 21 heavy (non-hydrogen) atoms. The number of nitrogens with two attached hydrogens (primary N) is 1. The Kier molecular flexibility index (Phi) is 4.60. The molecule has 0 amide bonds. The summed E-state index contributed by atoms with van der Waals surface area (Å²) in [6.07, 6.45) is 0. The number of nitrogens with one attached hydrogen (secondary N) is 1. The zero-order chi connectivity index (χ0) is 15.6. The van der Waals surface area contributed by atoms with Crippen LogP contribution in [0, 0.1) is 0 Å². The van der Waals surface area contributed by atoms with Gasteiger partial charge in [0.2, 0.25) is 0 Å². The van der Waals surface area contributed by atoms with Crippen LogP contribution in [0.5, 0.6) is 0 Å². The molecule has 110 valence electrons. The second-order valence-corrected chi connectivity index (χ2v) is 5.50. The van der Waals surface area contributed by atoms with Crippen LogP contribution < -0.4 is 11.1 Å². The molecule has 4 nitrogen and oxygen atoms in total. The topological polar surface area (TPSA) is 75.3 Å². The largest absolute Gasteiger partial charge is 0.478 e. The first-order valence-corrected chi connectivity index (χ1v) is 6.98. The molecular formula is C15H14Cl2N2O2. The van der Waals surface area contributed by atoms with Crippen molar-refractivity contribution in [1.29, 1.82) is 0 Å². The lowest BCUT2D eigenvalue weighted by atomic mass is 10.1. The molecule has 6 heteroatoms. The van der Waals surface area contributed by atoms with Crippen molar-refractivity contribution >= 4 is 40.5 Å². The number of anilines is 2. The van der Waals surface area contributed by atoms with Crippen LogP contribution in [0.4, 0.5) is 11.4 Å². The highest BCUT2D eigenvalue weighted by Crippen LogP contribution is 2.32. The fourth-order valence-corrected chi connectivity index (χ4v) is 2.50. The number of hydrogen-bond acceptors (Lipinski definition) is 3. The predicted octanol–water partition coefficient (Wildman–Crippen LogP) is 4.45. The van der Waals surface area contributed by atoms with Crippen LogP contribution >= 0.6 is 23.2 Å².